The molecule has 1 rings (SSSR count). The van der Waals surface area contributed by atoms with E-state index < -0.39 is 17.6 Å². The fourth-order valence-corrected chi connectivity index (χ4v) is 1.47. The van der Waals surface area contributed by atoms with Crippen molar-refractivity contribution in [1.82, 2.24) is 4.90 Å². The number of hydrogen-bond acceptors (Lipinski definition) is 4. The molecular weight excluding hydrogens is 210 g/mol. The van der Waals surface area contributed by atoms with E-state index in [1.54, 1.807) is 20.8 Å². The predicted molar refractivity (Wildman–Crippen MR) is 57.0 cm³/mol. The van der Waals surface area contributed by atoms with Crippen LogP contribution in [0.4, 0.5) is 4.79 Å². The number of piperidine rings is 1. The first-order valence-corrected chi connectivity index (χ1v) is 5.29. The van der Waals surface area contributed by atoms with Crippen molar-refractivity contribution in [3.63, 3.8) is 0 Å². The maximum Gasteiger partial charge on any atom is 0.410 e. The number of hydrogen-bond donors (Lipinski definition) is 0. The molecule has 5 nitrogen and oxygen atoms in total. The van der Waals surface area contributed by atoms with Gasteiger partial charge < -0.3 is 14.4 Å². The van der Waals surface area contributed by atoms with E-state index in [1.807, 2.05) is 0 Å². The van der Waals surface area contributed by atoms with Crippen LogP contribution in [0.15, 0.2) is 0 Å². The Kier molecular flexibility index (Phi) is 3.67. The number of carbonyl (C=O) groups is 3. The average molecular weight is 227 g/mol. The van der Waals surface area contributed by atoms with E-state index in [4.69, 9.17) is 4.74 Å². The highest BCUT2D eigenvalue weighted by Gasteiger charge is 2.31. The summed E-state index contributed by atoms with van der Waals surface area (Å²) in [5, 5.41) is 0. The van der Waals surface area contributed by atoms with Crippen molar-refractivity contribution >= 4 is 18.2 Å². The Morgan fingerprint density at radius 3 is 2.56 bits per heavy atom. The van der Waals surface area contributed by atoms with Gasteiger partial charge in [0.1, 0.15) is 11.9 Å². The third-order valence-corrected chi connectivity index (χ3v) is 2.29. The Morgan fingerprint density at radius 2 is 2.12 bits per heavy atom. The molecule has 1 atom stereocenters. The van der Waals surface area contributed by atoms with Gasteiger partial charge in [-0.15, -0.1) is 0 Å². The number of carbonyl (C=O) groups excluding carboxylic acids is 3. The van der Waals surface area contributed by atoms with Crippen LogP contribution in [0.2, 0.25) is 0 Å². The molecule has 0 aromatic carbocycles. The van der Waals surface area contributed by atoms with Crippen LogP contribution in [0.3, 0.4) is 0 Å². The molecule has 0 saturated carbocycles. The van der Waals surface area contributed by atoms with E-state index >= 15 is 0 Å². The van der Waals surface area contributed by atoms with Gasteiger partial charge in [0.2, 0.25) is 0 Å². The van der Waals surface area contributed by atoms with Crippen molar-refractivity contribution in [3.8, 4) is 0 Å². The van der Waals surface area contributed by atoms with Crippen LogP contribution in [0.1, 0.15) is 27.2 Å². The highest BCUT2D eigenvalue weighted by molar-refractivity contribution is 5.96. The summed E-state index contributed by atoms with van der Waals surface area (Å²) in [7, 11) is 0. The fourth-order valence-electron chi connectivity index (χ4n) is 1.47. The Morgan fingerprint density at radius 1 is 1.50 bits per heavy atom. The van der Waals surface area contributed by atoms with Gasteiger partial charge in [0, 0.05) is 6.54 Å². The Labute approximate surface area is 94.7 Å². The summed E-state index contributed by atoms with van der Waals surface area (Å²) in [4.78, 5) is 34.9. The molecule has 0 aliphatic carbocycles. The average Bonchev–Trinajstić information content (AvgIpc) is 2.15. The lowest BCUT2D eigenvalue weighted by Crippen LogP contribution is -2.46. The highest BCUT2D eigenvalue weighted by atomic mass is 16.6. The number of ether oxygens (including phenoxy) is 1. The van der Waals surface area contributed by atoms with Crippen LogP contribution in [-0.2, 0) is 14.3 Å². The molecule has 1 unspecified atom stereocenters. The predicted octanol–water partition coefficient (Wildman–Crippen LogP) is 1.01. The lowest BCUT2D eigenvalue weighted by atomic mass is 9.97. The SMILES string of the molecule is CC(C)(C)OC(=O)N1CCC(C=O)C(=O)C1. The number of amides is 1. The van der Waals surface area contributed by atoms with Crippen LogP contribution in [0.5, 0.6) is 0 Å². The standard InChI is InChI=1S/C11H17NO4/c1-11(2,3)16-10(15)12-5-4-8(7-13)9(14)6-12/h7-8H,4-6H2,1-3H3. The summed E-state index contributed by atoms with van der Waals surface area (Å²) in [5.41, 5.74) is -0.568. The number of nitrogens with zero attached hydrogens (tertiary/aromatic N) is 1. The van der Waals surface area contributed by atoms with Crippen LogP contribution in [0.25, 0.3) is 0 Å². The van der Waals surface area contributed by atoms with Crippen molar-refractivity contribution in [2.45, 2.75) is 32.8 Å². The molecule has 5 heteroatoms. The zero-order chi connectivity index (χ0) is 12.3. The molecular formula is C11H17NO4. The molecule has 1 amide bonds. The lowest BCUT2D eigenvalue weighted by molar-refractivity contribution is -0.131. The van der Waals surface area contributed by atoms with Crippen LogP contribution in [0, 0.1) is 5.92 Å². The van der Waals surface area contributed by atoms with Crippen molar-refractivity contribution in [2.24, 2.45) is 5.92 Å². The maximum absolute atomic E-state index is 11.6. The molecule has 1 heterocycles. The molecule has 0 aromatic heterocycles. The van der Waals surface area contributed by atoms with Crippen LogP contribution < -0.4 is 0 Å². The maximum atomic E-state index is 11.6. The molecule has 1 fully saturated rings. The van der Waals surface area contributed by atoms with Gasteiger partial charge in [0.15, 0.2) is 5.78 Å². The minimum atomic E-state index is -0.568. The van der Waals surface area contributed by atoms with Gasteiger partial charge in [0.05, 0.1) is 12.5 Å². The number of likely N-dealkylation sites (tertiary alicyclic amines) is 1. The second-order valence-electron chi connectivity index (χ2n) is 4.90. The topological polar surface area (TPSA) is 63.7 Å². The zero-order valence-electron chi connectivity index (χ0n) is 9.86. The van der Waals surface area contributed by atoms with Crippen molar-refractivity contribution in [2.75, 3.05) is 13.1 Å². The number of rotatable bonds is 1. The van der Waals surface area contributed by atoms with Crippen LogP contribution in [-0.4, -0.2) is 41.8 Å². The molecule has 0 N–H and O–H groups in total. The smallest absolute Gasteiger partial charge is 0.410 e. The van der Waals surface area contributed by atoms with Crippen molar-refractivity contribution in [3.05, 3.63) is 0 Å². The molecule has 90 valence electrons. The van der Waals surface area contributed by atoms with Crippen molar-refractivity contribution < 1.29 is 19.1 Å². The largest absolute Gasteiger partial charge is 0.444 e. The van der Waals surface area contributed by atoms with E-state index in [0.29, 0.717) is 19.3 Å². The number of Topliss-reactive ketones (excluding diaryl/α,β-unsaturated/α-hetero) is 1. The third kappa shape index (κ3) is 3.32. The summed E-state index contributed by atoms with van der Waals surface area (Å²) >= 11 is 0. The molecule has 0 spiro atoms. The van der Waals surface area contributed by atoms with Gasteiger partial charge in [-0.25, -0.2) is 4.79 Å². The van der Waals surface area contributed by atoms with E-state index in [0.717, 1.165) is 0 Å². The second kappa shape index (κ2) is 4.63. The van der Waals surface area contributed by atoms with Crippen molar-refractivity contribution in [1.29, 1.82) is 0 Å². The summed E-state index contributed by atoms with van der Waals surface area (Å²) < 4.78 is 5.14. The van der Waals surface area contributed by atoms with Gasteiger partial charge in [-0.2, -0.15) is 0 Å². The third-order valence-electron chi connectivity index (χ3n) is 2.29. The van der Waals surface area contributed by atoms with Gasteiger partial charge in [0.25, 0.3) is 0 Å². The lowest BCUT2D eigenvalue weighted by Gasteiger charge is -2.30. The summed E-state index contributed by atoms with van der Waals surface area (Å²) in [6.45, 7) is 5.67. The molecule has 1 aliphatic heterocycles. The molecule has 1 saturated heterocycles. The van der Waals surface area contributed by atoms with E-state index in [9.17, 15) is 14.4 Å². The minimum absolute atomic E-state index is 0.0294. The number of aldehydes is 1. The summed E-state index contributed by atoms with van der Waals surface area (Å²) in [6.07, 6.45) is 0.543. The molecule has 1 aliphatic rings. The zero-order valence-corrected chi connectivity index (χ0v) is 9.86. The fraction of sp³-hybridized carbons (Fsp3) is 0.727. The molecule has 0 radical (unpaired) electrons. The summed E-state index contributed by atoms with van der Waals surface area (Å²) in [6, 6.07) is 0. The van der Waals surface area contributed by atoms with Gasteiger partial charge in [-0.05, 0) is 27.2 Å². The number of ketones is 1. The molecule has 16 heavy (non-hydrogen) atoms. The first-order chi connectivity index (χ1) is 7.33. The molecule has 0 aromatic rings. The van der Waals surface area contributed by atoms with Gasteiger partial charge >= 0.3 is 6.09 Å². The van der Waals surface area contributed by atoms with E-state index in [2.05, 4.69) is 0 Å². The van der Waals surface area contributed by atoms with E-state index in [-0.39, 0.29) is 12.3 Å². The summed E-state index contributed by atoms with van der Waals surface area (Å²) in [5.74, 6) is -0.772. The molecule has 0 bridgehead atoms. The Bertz CT molecular complexity index is 306. The van der Waals surface area contributed by atoms with E-state index in [1.165, 1.54) is 4.90 Å². The quantitative estimate of drug-likeness (QED) is 0.495. The first kappa shape index (κ1) is 12.7. The minimum Gasteiger partial charge on any atom is -0.444 e. The van der Waals surface area contributed by atoms with Gasteiger partial charge in [-0.3, -0.25) is 4.79 Å². The second-order valence-corrected chi connectivity index (χ2v) is 4.90. The Hall–Kier alpha value is -1.39. The first-order valence-electron chi connectivity index (χ1n) is 5.29. The monoisotopic (exact) mass is 227 g/mol. The highest BCUT2D eigenvalue weighted by Crippen LogP contribution is 2.15. The van der Waals surface area contributed by atoms with Gasteiger partial charge in [-0.1, -0.05) is 0 Å². The Balaban J connectivity index is 2.55. The van der Waals surface area contributed by atoms with Crippen LogP contribution >= 0.6 is 0 Å². The normalized spacial score (nSPS) is 21.8.